The van der Waals surface area contributed by atoms with E-state index in [1.807, 2.05) is 12.1 Å². The van der Waals surface area contributed by atoms with Crippen molar-refractivity contribution < 1.29 is 23.4 Å². The first-order valence-electron chi connectivity index (χ1n) is 10.8. The van der Waals surface area contributed by atoms with Gasteiger partial charge in [-0.1, -0.05) is 0 Å². The number of rotatable bonds is 4. The third-order valence-corrected chi connectivity index (χ3v) is 6.27. The van der Waals surface area contributed by atoms with Crippen LogP contribution < -0.4 is 4.90 Å². The number of aliphatic hydroxyl groups is 1. The lowest BCUT2D eigenvalue weighted by molar-refractivity contribution is -0.0446. The van der Waals surface area contributed by atoms with Gasteiger partial charge in [0.05, 0.1) is 42.6 Å². The highest BCUT2D eigenvalue weighted by molar-refractivity contribution is 6.01. The van der Waals surface area contributed by atoms with Crippen molar-refractivity contribution in [2.75, 3.05) is 37.7 Å². The maximum Gasteiger partial charge on any atom is 0.257 e. The fraction of sp³-hybridized carbons (Fsp3) is 0.391. The molecule has 0 bridgehead atoms. The molecule has 32 heavy (non-hydrogen) atoms. The van der Waals surface area contributed by atoms with Gasteiger partial charge in [0, 0.05) is 37.1 Å². The van der Waals surface area contributed by atoms with Crippen LogP contribution >= 0.6 is 0 Å². The number of carbonyl (C=O) groups excluding carboxylic acids is 1. The predicted molar refractivity (Wildman–Crippen MR) is 114 cm³/mol. The van der Waals surface area contributed by atoms with Crippen LogP contribution in [0.15, 0.2) is 42.7 Å². The fourth-order valence-electron chi connectivity index (χ4n) is 4.67. The number of anilines is 1. The molecule has 2 aromatic heterocycles. The number of hydrogen-bond acceptors (Lipinski definition) is 5. The van der Waals surface area contributed by atoms with Crippen LogP contribution in [0.3, 0.4) is 0 Å². The highest BCUT2D eigenvalue weighted by atomic mass is 19.1. The number of fused-ring (bicyclic) bond motifs is 1. The molecule has 2 aliphatic rings. The second-order valence-corrected chi connectivity index (χ2v) is 8.22. The molecule has 2 unspecified atom stereocenters. The van der Waals surface area contributed by atoms with Crippen molar-refractivity contribution >= 4 is 17.1 Å². The highest BCUT2D eigenvalue weighted by Gasteiger charge is 2.30. The molecule has 2 atom stereocenters. The number of amides is 1. The summed E-state index contributed by atoms with van der Waals surface area (Å²) in [4.78, 5) is 16.9. The Morgan fingerprint density at radius 2 is 2.09 bits per heavy atom. The standard InChI is InChI=1S/C23H24F2N4O3/c24-15-3-4-20(25)18(10-15)21-2-1-6-28(21)16-5-7-29-22(11-16)19(12-26-29)23(31)27-8-9-32-17(13-27)14-30/h3-5,7,10-12,17,21,30H,1-2,6,8-9,13-14H2. The Morgan fingerprint density at radius 1 is 1.22 bits per heavy atom. The molecule has 4 heterocycles. The Morgan fingerprint density at radius 3 is 2.94 bits per heavy atom. The van der Waals surface area contributed by atoms with Crippen LogP contribution in [0.4, 0.5) is 14.5 Å². The SMILES string of the molecule is O=C(c1cnn2ccc(N3CCCC3c3cc(F)ccc3F)cc12)N1CCOC(CO)C1. The summed E-state index contributed by atoms with van der Waals surface area (Å²) in [6.45, 7) is 1.69. The summed E-state index contributed by atoms with van der Waals surface area (Å²) in [5.41, 5.74) is 2.27. The van der Waals surface area contributed by atoms with Crippen LogP contribution in [-0.2, 0) is 4.74 Å². The average Bonchev–Trinajstić information content (AvgIpc) is 3.47. The molecule has 5 rings (SSSR count). The molecule has 2 aliphatic heterocycles. The Kier molecular flexibility index (Phi) is 5.52. The molecule has 3 aromatic rings. The van der Waals surface area contributed by atoms with Gasteiger partial charge in [0.1, 0.15) is 11.6 Å². The first-order chi connectivity index (χ1) is 15.5. The summed E-state index contributed by atoms with van der Waals surface area (Å²) in [5, 5.41) is 13.7. The lowest BCUT2D eigenvalue weighted by Crippen LogP contribution is -2.46. The number of aliphatic hydroxyl groups excluding tert-OH is 1. The van der Waals surface area contributed by atoms with Gasteiger partial charge >= 0.3 is 0 Å². The van der Waals surface area contributed by atoms with Crippen molar-refractivity contribution in [1.82, 2.24) is 14.5 Å². The minimum absolute atomic E-state index is 0.143. The van der Waals surface area contributed by atoms with Crippen molar-refractivity contribution in [2.45, 2.75) is 25.0 Å². The van der Waals surface area contributed by atoms with Gasteiger partial charge in [-0.25, -0.2) is 13.3 Å². The minimum Gasteiger partial charge on any atom is -0.394 e. The van der Waals surface area contributed by atoms with E-state index in [1.165, 1.54) is 12.1 Å². The average molecular weight is 442 g/mol. The van der Waals surface area contributed by atoms with E-state index in [0.29, 0.717) is 49.3 Å². The quantitative estimate of drug-likeness (QED) is 0.673. The number of carbonyl (C=O) groups is 1. The molecule has 0 spiro atoms. The number of aromatic nitrogens is 2. The minimum atomic E-state index is -0.459. The van der Waals surface area contributed by atoms with Crippen LogP contribution in [0, 0.1) is 11.6 Å². The van der Waals surface area contributed by atoms with Crippen LogP contribution in [-0.4, -0.2) is 64.5 Å². The fourth-order valence-corrected chi connectivity index (χ4v) is 4.67. The molecule has 0 radical (unpaired) electrons. The van der Waals surface area contributed by atoms with Crippen molar-refractivity contribution in [3.8, 4) is 0 Å². The van der Waals surface area contributed by atoms with E-state index in [4.69, 9.17) is 4.74 Å². The Bertz CT molecular complexity index is 1150. The molecule has 1 amide bonds. The zero-order valence-electron chi connectivity index (χ0n) is 17.5. The van der Waals surface area contributed by atoms with E-state index in [9.17, 15) is 18.7 Å². The number of benzene rings is 1. The van der Waals surface area contributed by atoms with E-state index in [-0.39, 0.29) is 18.6 Å². The summed E-state index contributed by atoms with van der Waals surface area (Å²) >= 11 is 0. The molecule has 0 aliphatic carbocycles. The van der Waals surface area contributed by atoms with Crippen molar-refractivity contribution in [3.05, 3.63) is 65.5 Å². The third kappa shape index (κ3) is 3.71. The van der Waals surface area contributed by atoms with Gasteiger partial charge in [0.25, 0.3) is 5.91 Å². The largest absolute Gasteiger partial charge is 0.394 e. The van der Waals surface area contributed by atoms with Gasteiger partial charge in [-0.05, 0) is 43.2 Å². The number of pyridine rings is 1. The van der Waals surface area contributed by atoms with E-state index in [2.05, 4.69) is 10.00 Å². The van der Waals surface area contributed by atoms with Gasteiger partial charge in [0.15, 0.2) is 0 Å². The van der Waals surface area contributed by atoms with Crippen LogP contribution in [0.5, 0.6) is 0 Å². The zero-order chi connectivity index (χ0) is 22.2. The topological polar surface area (TPSA) is 70.3 Å². The molecular weight excluding hydrogens is 418 g/mol. The third-order valence-electron chi connectivity index (χ3n) is 6.27. The normalized spacial score (nSPS) is 21.5. The molecule has 168 valence electrons. The van der Waals surface area contributed by atoms with Gasteiger partial charge in [0.2, 0.25) is 0 Å². The summed E-state index contributed by atoms with van der Waals surface area (Å²) in [6, 6.07) is 7.03. The van der Waals surface area contributed by atoms with E-state index < -0.39 is 17.7 Å². The molecule has 7 nitrogen and oxygen atoms in total. The number of morpholine rings is 1. The van der Waals surface area contributed by atoms with Crippen molar-refractivity contribution in [3.63, 3.8) is 0 Å². The van der Waals surface area contributed by atoms with Gasteiger partial charge < -0.3 is 19.6 Å². The summed E-state index contributed by atoms with van der Waals surface area (Å²) < 4.78 is 35.3. The van der Waals surface area contributed by atoms with Gasteiger partial charge in [-0.2, -0.15) is 5.10 Å². The zero-order valence-corrected chi connectivity index (χ0v) is 17.5. The smallest absolute Gasteiger partial charge is 0.257 e. The number of ether oxygens (including phenoxy) is 1. The highest BCUT2D eigenvalue weighted by Crippen LogP contribution is 2.38. The van der Waals surface area contributed by atoms with Gasteiger partial charge in [-0.15, -0.1) is 0 Å². The maximum absolute atomic E-state index is 14.5. The first-order valence-corrected chi connectivity index (χ1v) is 10.8. The molecule has 0 saturated carbocycles. The lowest BCUT2D eigenvalue weighted by Gasteiger charge is -2.32. The molecule has 2 fully saturated rings. The molecule has 2 saturated heterocycles. The van der Waals surface area contributed by atoms with E-state index in [0.717, 1.165) is 18.2 Å². The molecule has 1 aromatic carbocycles. The van der Waals surface area contributed by atoms with E-state index >= 15 is 0 Å². The van der Waals surface area contributed by atoms with Crippen LogP contribution in [0.25, 0.3) is 5.52 Å². The molecular formula is C23H24F2N4O3. The Labute approximate surface area is 183 Å². The number of hydrogen-bond donors (Lipinski definition) is 1. The van der Waals surface area contributed by atoms with E-state index in [1.54, 1.807) is 21.8 Å². The van der Waals surface area contributed by atoms with Crippen LogP contribution in [0.1, 0.15) is 34.8 Å². The van der Waals surface area contributed by atoms with Crippen molar-refractivity contribution in [2.24, 2.45) is 0 Å². The van der Waals surface area contributed by atoms with Crippen molar-refractivity contribution in [1.29, 1.82) is 0 Å². The summed E-state index contributed by atoms with van der Waals surface area (Å²) in [5.74, 6) is -1.05. The molecule has 9 heteroatoms. The monoisotopic (exact) mass is 442 g/mol. The van der Waals surface area contributed by atoms with Crippen LogP contribution in [0.2, 0.25) is 0 Å². The number of nitrogens with zero attached hydrogens (tertiary/aromatic N) is 4. The Hall–Kier alpha value is -3.04. The number of halogens is 2. The Balaban J connectivity index is 1.47. The molecule has 1 N–H and O–H groups in total. The summed E-state index contributed by atoms with van der Waals surface area (Å²) in [7, 11) is 0. The summed E-state index contributed by atoms with van der Waals surface area (Å²) in [6.07, 6.45) is 4.49. The maximum atomic E-state index is 14.5. The first kappa shape index (κ1) is 20.8. The lowest BCUT2D eigenvalue weighted by atomic mass is 10.0. The second-order valence-electron chi connectivity index (χ2n) is 8.22. The van der Waals surface area contributed by atoms with Gasteiger partial charge in [-0.3, -0.25) is 4.79 Å². The second kappa shape index (κ2) is 8.48. The predicted octanol–water partition coefficient (Wildman–Crippen LogP) is 2.79.